The van der Waals surface area contributed by atoms with Crippen LogP contribution in [-0.2, 0) is 4.74 Å². The second-order valence-electron chi connectivity index (χ2n) is 3.56. The fourth-order valence-corrected chi connectivity index (χ4v) is 2.01. The molecule has 0 heterocycles. The third kappa shape index (κ3) is 6.11. The molecule has 1 rings (SSSR count). The molecule has 0 aliphatic carbocycles. The average Bonchev–Trinajstić information content (AvgIpc) is 2.24. The molecule has 0 unspecified atom stereocenters. The summed E-state index contributed by atoms with van der Waals surface area (Å²) in [4.78, 5) is 0.431. The minimum atomic E-state index is -4.30. The van der Waals surface area contributed by atoms with Gasteiger partial charge in [-0.05, 0) is 24.6 Å². The van der Waals surface area contributed by atoms with Gasteiger partial charge in [0.05, 0.1) is 0 Å². The van der Waals surface area contributed by atoms with E-state index in [2.05, 4.69) is 4.74 Å². The predicted molar refractivity (Wildman–Crippen MR) is 63.0 cm³/mol. The Bertz CT molecular complexity index is 384. The van der Waals surface area contributed by atoms with Crippen LogP contribution >= 0.6 is 11.8 Å². The van der Waals surface area contributed by atoms with Gasteiger partial charge in [0.1, 0.15) is 12.4 Å². The number of benzene rings is 1. The molecule has 0 radical (unpaired) electrons. The lowest BCUT2D eigenvalue weighted by molar-refractivity contribution is -0.173. The molecule has 0 fully saturated rings. The van der Waals surface area contributed by atoms with Crippen LogP contribution in [0.3, 0.4) is 0 Å². The molecule has 0 amide bonds. The summed E-state index contributed by atoms with van der Waals surface area (Å²) in [7, 11) is 0. The second-order valence-corrected chi connectivity index (χ2v) is 4.70. The fourth-order valence-electron chi connectivity index (χ4n) is 1.17. The van der Waals surface area contributed by atoms with E-state index < -0.39 is 18.6 Å². The highest BCUT2D eigenvalue weighted by molar-refractivity contribution is 7.99. The standard InChI is InChI=1S/C11H13F4NOS/c12-9-6-8(16)2-3-10(9)18-5-1-4-17-7-11(13,14)15/h2-3,6H,1,4-5,7,16H2. The van der Waals surface area contributed by atoms with Crippen LogP contribution in [0.5, 0.6) is 0 Å². The van der Waals surface area contributed by atoms with Gasteiger partial charge in [0.2, 0.25) is 0 Å². The zero-order valence-corrected chi connectivity index (χ0v) is 10.3. The van der Waals surface area contributed by atoms with Crippen molar-refractivity contribution in [3.05, 3.63) is 24.0 Å². The molecule has 2 N–H and O–H groups in total. The molecule has 0 aromatic heterocycles. The fraction of sp³-hybridized carbons (Fsp3) is 0.455. The van der Waals surface area contributed by atoms with Crippen molar-refractivity contribution in [1.29, 1.82) is 0 Å². The minimum absolute atomic E-state index is 0.00308. The van der Waals surface area contributed by atoms with Crippen LogP contribution in [-0.4, -0.2) is 25.1 Å². The number of thioether (sulfide) groups is 1. The Morgan fingerprint density at radius 1 is 1.28 bits per heavy atom. The topological polar surface area (TPSA) is 35.2 Å². The van der Waals surface area contributed by atoms with Gasteiger partial charge in [-0.1, -0.05) is 0 Å². The number of nitrogen functional groups attached to an aromatic ring is 1. The molecular formula is C11H13F4NOS. The van der Waals surface area contributed by atoms with Crippen molar-refractivity contribution in [3.63, 3.8) is 0 Å². The van der Waals surface area contributed by atoms with Gasteiger partial charge >= 0.3 is 6.18 Å². The van der Waals surface area contributed by atoms with E-state index in [1.165, 1.54) is 17.8 Å². The molecule has 102 valence electrons. The van der Waals surface area contributed by atoms with E-state index in [-0.39, 0.29) is 6.61 Å². The van der Waals surface area contributed by atoms with Crippen molar-refractivity contribution < 1.29 is 22.3 Å². The molecule has 0 spiro atoms. The lowest BCUT2D eigenvalue weighted by atomic mass is 10.3. The first-order chi connectivity index (χ1) is 8.38. The number of hydrogen-bond donors (Lipinski definition) is 1. The van der Waals surface area contributed by atoms with Crippen molar-refractivity contribution in [2.24, 2.45) is 0 Å². The highest BCUT2D eigenvalue weighted by Crippen LogP contribution is 2.24. The van der Waals surface area contributed by atoms with Crippen molar-refractivity contribution in [2.45, 2.75) is 17.5 Å². The molecule has 1 aromatic rings. The van der Waals surface area contributed by atoms with Gasteiger partial charge in [-0.25, -0.2) is 4.39 Å². The van der Waals surface area contributed by atoms with E-state index in [0.29, 0.717) is 22.8 Å². The molecule has 18 heavy (non-hydrogen) atoms. The molecule has 0 atom stereocenters. The van der Waals surface area contributed by atoms with Crippen LogP contribution in [0.25, 0.3) is 0 Å². The number of halogens is 4. The summed E-state index contributed by atoms with van der Waals surface area (Å²) in [5.41, 5.74) is 5.73. The summed E-state index contributed by atoms with van der Waals surface area (Å²) in [6, 6.07) is 4.33. The van der Waals surface area contributed by atoms with E-state index in [4.69, 9.17) is 5.73 Å². The summed E-state index contributed by atoms with van der Waals surface area (Å²) in [6.07, 6.45) is -3.87. The van der Waals surface area contributed by atoms with Gasteiger partial charge in [0, 0.05) is 22.9 Å². The summed E-state index contributed by atoms with van der Waals surface area (Å²) in [5, 5.41) is 0. The van der Waals surface area contributed by atoms with Crippen LogP contribution in [0.1, 0.15) is 6.42 Å². The first-order valence-corrected chi connectivity index (χ1v) is 6.19. The lowest BCUT2D eigenvalue weighted by Gasteiger charge is -2.07. The van der Waals surface area contributed by atoms with Gasteiger partial charge in [0.15, 0.2) is 0 Å². The largest absolute Gasteiger partial charge is 0.411 e. The molecule has 0 bridgehead atoms. The van der Waals surface area contributed by atoms with Crippen molar-refractivity contribution in [2.75, 3.05) is 24.7 Å². The Kier molecular flexibility index (Phi) is 5.74. The molecule has 0 aliphatic heterocycles. The van der Waals surface area contributed by atoms with Gasteiger partial charge in [0.25, 0.3) is 0 Å². The summed E-state index contributed by atoms with van der Waals surface area (Å²) in [5.74, 6) is 0.0646. The van der Waals surface area contributed by atoms with Crippen LogP contribution in [0.4, 0.5) is 23.2 Å². The van der Waals surface area contributed by atoms with Gasteiger partial charge in [-0.2, -0.15) is 13.2 Å². The van der Waals surface area contributed by atoms with E-state index in [1.54, 1.807) is 12.1 Å². The Hall–Kier alpha value is -0.950. The normalized spacial score (nSPS) is 11.8. The number of anilines is 1. The molecule has 0 saturated carbocycles. The predicted octanol–water partition coefficient (Wildman–Crippen LogP) is 3.47. The van der Waals surface area contributed by atoms with Crippen molar-refractivity contribution in [1.82, 2.24) is 0 Å². The Balaban J connectivity index is 2.18. The number of rotatable bonds is 6. The Morgan fingerprint density at radius 2 is 2.00 bits per heavy atom. The summed E-state index contributed by atoms with van der Waals surface area (Å²) >= 11 is 1.22. The SMILES string of the molecule is Nc1ccc(SCCCOCC(F)(F)F)c(F)c1. The third-order valence-electron chi connectivity index (χ3n) is 1.91. The van der Waals surface area contributed by atoms with E-state index in [1.807, 2.05) is 0 Å². The minimum Gasteiger partial charge on any atom is -0.399 e. The smallest absolute Gasteiger partial charge is 0.399 e. The number of ether oxygens (including phenoxy) is 1. The third-order valence-corrected chi connectivity index (χ3v) is 3.05. The lowest BCUT2D eigenvalue weighted by Crippen LogP contribution is -2.17. The average molecular weight is 283 g/mol. The first kappa shape index (κ1) is 15.1. The van der Waals surface area contributed by atoms with Gasteiger partial charge < -0.3 is 10.5 Å². The van der Waals surface area contributed by atoms with Crippen LogP contribution in [0, 0.1) is 5.82 Å². The van der Waals surface area contributed by atoms with Gasteiger partial charge in [-0.3, -0.25) is 0 Å². The molecule has 7 heteroatoms. The maximum atomic E-state index is 13.3. The highest BCUT2D eigenvalue weighted by atomic mass is 32.2. The number of hydrogen-bond acceptors (Lipinski definition) is 3. The van der Waals surface area contributed by atoms with Crippen LogP contribution in [0.2, 0.25) is 0 Å². The Labute approximate surface area is 106 Å². The quantitative estimate of drug-likeness (QED) is 0.376. The molecule has 0 saturated heterocycles. The van der Waals surface area contributed by atoms with Crippen molar-refractivity contribution >= 4 is 17.4 Å². The van der Waals surface area contributed by atoms with Crippen LogP contribution < -0.4 is 5.73 Å². The monoisotopic (exact) mass is 283 g/mol. The molecular weight excluding hydrogens is 270 g/mol. The summed E-state index contributed by atoms with van der Waals surface area (Å²) in [6.45, 7) is -1.24. The molecule has 0 aliphatic rings. The van der Waals surface area contributed by atoms with Gasteiger partial charge in [-0.15, -0.1) is 11.8 Å². The molecule has 2 nitrogen and oxygen atoms in total. The maximum Gasteiger partial charge on any atom is 0.411 e. The first-order valence-electron chi connectivity index (χ1n) is 5.21. The van der Waals surface area contributed by atoms with E-state index in [9.17, 15) is 17.6 Å². The second kappa shape index (κ2) is 6.84. The zero-order valence-electron chi connectivity index (χ0n) is 9.47. The zero-order chi connectivity index (χ0) is 13.6. The number of nitrogens with two attached hydrogens (primary N) is 1. The number of alkyl halides is 3. The summed E-state index contributed by atoms with van der Waals surface area (Å²) < 4.78 is 52.9. The highest BCUT2D eigenvalue weighted by Gasteiger charge is 2.27. The van der Waals surface area contributed by atoms with E-state index >= 15 is 0 Å². The van der Waals surface area contributed by atoms with Crippen LogP contribution in [0.15, 0.2) is 23.1 Å². The Morgan fingerprint density at radius 3 is 2.61 bits per heavy atom. The van der Waals surface area contributed by atoms with E-state index in [0.717, 1.165) is 0 Å². The maximum absolute atomic E-state index is 13.3. The molecule has 1 aromatic carbocycles. The van der Waals surface area contributed by atoms with Crippen molar-refractivity contribution in [3.8, 4) is 0 Å².